The van der Waals surface area contributed by atoms with Crippen molar-refractivity contribution >= 4 is 5.91 Å². The highest BCUT2D eigenvalue weighted by atomic mass is 16.3. The molecule has 0 saturated heterocycles. The molecular formula is C8H12N2O3. The second-order valence-electron chi connectivity index (χ2n) is 2.82. The van der Waals surface area contributed by atoms with Gasteiger partial charge in [-0.1, -0.05) is 0 Å². The second-order valence-corrected chi connectivity index (χ2v) is 2.82. The SMILES string of the molecule is Cc1ncoc1C(=O)NC(C)CO. The summed E-state index contributed by atoms with van der Waals surface area (Å²) in [4.78, 5) is 15.1. The fourth-order valence-electron chi connectivity index (χ4n) is 0.855. The Morgan fingerprint density at radius 2 is 2.54 bits per heavy atom. The molecule has 0 bridgehead atoms. The van der Waals surface area contributed by atoms with Crippen molar-refractivity contribution in [1.29, 1.82) is 0 Å². The van der Waals surface area contributed by atoms with Gasteiger partial charge in [-0.3, -0.25) is 4.79 Å². The largest absolute Gasteiger partial charge is 0.438 e. The normalized spacial score (nSPS) is 12.5. The van der Waals surface area contributed by atoms with Crippen molar-refractivity contribution < 1.29 is 14.3 Å². The summed E-state index contributed by atoms with van der Waals surface area (Å²) < 4.78 is 4.87. The molecule has 0 aromatic carbocycles. The van der Waals surface area contributed by atoms with Crippen molar-refractivity contribution in [3.63, 3.8) is 0 Å². The van der Waals surface area contributed by atoms with Crippen molar-refractivity contribution in [2.75, 3.05) is 6.61 Å². The van der Waals surface area contributed by atoms with Crippen LogP contribution in [0.25, 0.3) is 0 Å². The number of nitrogens with zero attached hydrogens (tertiary/aromatic N) is 1. The number of rotatable bonds is 3. The first-order valence-corrected chi connectivity index (χ1v) is 3.97. The highest BCUT2D eigenvalue weighted by molar-refractivity contribution is 5.92. The zero-order valence-electron chi connectivity index (χ0n) is 7.57. The van der Waals surface area contributed by atoms with Crippen molar-refractivity contribution in [3.05, 3.63) is 17.8 Å². The maximum Gasteiger partial charge on any atom is 0.289 e. The third-order valence-corrected chi connectivity index (χ3v) is 1.60. The minimum atomic E-state index is -0.350. The average molecular weight is 184 g/mol. The zero-order valence-corrected chi connectivity index (χ0v) is 7.57. The van der Waals surface area contributed by atoms with Gasteiger partial charge in [-0.15, -0.1) is 0 Å². The van der Waals surface area contributed by atoms with E-state index in [1.54, 1.807) is 13.8 Å². The lowest BCUT2D eigenvalue weighted by Crippen LogP contribution is -2.35. The summed E-state index contributed by atoms with van der Waals surface area (Å²) >= 11 is 0. The van der Waals surface area contributed by atoms with Gasteiger partial charge in [0.15, 0.2) is 6.39 Å². The molecule has 1 atom stereocenters. The molecule has 0 aliphatic rings. The van der Waals surface area contributed by atoms with E-state index in [-0.39, 0.29) is 24.3 Å². The number of aliphatic hydroxyl groups excluding tert-OH is 1. The molecule has 0 saturated carbocycles. The summed E-state index contributed by atoms with van der Waals surface area (Å²) in [6, 6.07) is -0.281. The summed E-state index contributed by atoms with van der Waals surface area (Å²) in [5.74, 6) is -0.156. The molecule has 1 heterocycles. The monoisotopic (exact) mass is 184 g/mol. The van der Waals surface area contributed by atoms with Crippen molar-refractivity contribution in [1.82, 2.24) is 10.3 Å². The van der Waals surface area contributed by atoms with Crippen molar-refractivity contribution in [3.8, 4) is 0 Å². The van der Waals surface area contributed by atoms with E-state index in [2.05, 4.69) is 10.3 Å². The molecule has 0 radical (unpaired) electrons. The third kappa shape index (κ3) is 2.29. The van der Waals surface area contributed by atoms with Gasteiger partial charge >= 0.3 is 0 Å². The molecule has 1 aromatic heterocycles. The van der Waals surface area contributed by atoms with Gasteiger partial charge in [-0.25, -0.2) is 4.98 Å². The molecule has 0 aliphatic carbocycles. The van der Waals surface area contributed by atoms with Crippen LogP contribution in [0.2, 0.25) is 0 Å². The number of aromatic nitrogens is 1. The van der Waals surface area contributed by atoms with Crippen LogP contribution in [-0.4, -0.2) is 28.6 Å². The van der Waals surface area contributed by atoms with Crippen LogP contribution < -0.4 is 5.32 Å². The Labute approximate surface area is 75.8 Å². The van der Waals surface area contributed by atoms with E-state index >= 15 is 0 Å². The number of oxazole rings is 1. The van der Waals surface area contributed by atoms with E-state index in [4.69, 9.17) is 9.52 Å². The van der Waals surface area contributed by atoms with Gasteiger partial charge in [0, 0.05) is 6.04 Å². The van der Waals surface area contributed by atoms with E-state index in [0.29, 0.717) is 5.69 Å². The Morgan fingerprint density at radius 1 is 1.85 bits per heavy atom. The molecule has 0 spiro atoms. The maximum absolute atomic E-state index is 11.3. The van der Waals surface area contributed by atoms with Crippen LogP contribution in [0.3, 0.4) is 0 Å². The van der Waals surface area contributed by atoms with E-state index in [0.717, 1.165) is 0 Å². The number of hydrogen-bond acceptors (Lipinski definition) is 4. The summed E-state index contributed by atoms with van der Waals surface area (Å²) in [5, 5.41) is 11.2. The summed E-state index contributed by atoms with van der Waals surface area (Å²) in [6.45, 7) is 3.28. The highest BCUT2D eigenvalue weighted by Gasteiger charge is 2.15. The topological polar surface area (TPSA) is 75.4 Å². The van der Waals surface area contributed by atoms with Gasteiger partial charge in [0.05, 0.1) is 12.3 Å². The molecule has 1 rings (SSSR count). The van der Waals surface area contributed by atoms with Crippen LogP contribution in [0.5, 0.6) is 0 Å². The number of amides is 1. The lowest BCUT2D eigenvalue weighted by Gasteiger charge is -2.08. The zero-order chi connectivity index (χ0) is 9.84. The Hall–Kier alpha value is -1.36. The standard InChI is InChI=1S/C8H12N2O3/c1-5(3-11)10-8(12)7-6(2)9-4-13-7/h4-5,11H,3H2,1-2H3,(H,10,12). The van der Waals surface area contributed by atoms with Gasteiger partial charge in [0.1, 0.15) is 0 Å². The van der Waals surface area contributed by atoms with Crippen molar-refractivity contribution in [2.45, 2.75) is 19.9 Å². The Kier molecular flexibility index (Phi) is 3.02. The van der Waals surface area contributed by atoms with E-state index < -0.39 is 0 Å². The van der Waals surface area contributed by atoms with Crippen LogP contribution in [-0.2, 0) is 0 Å². The number of aliphatic hydroxyl groups is 1. The molecule has 1 amide bonds. The highest BCUT2D eigenvalue weighted by Crippen LogP contribution is 2.04. The summed E-state index contributed by atoms with van der Waals surface area (Å²) in [5.41, 5.74) is 0.544. The molecule has 1 unspecified atom stereocenters. The number of carbonyl (C=O) groups excluding carboxylic acids is 1. The molecule has 5 nitrogen and oxygen atoms in total. The lowest BCUT2D eigenvalue weighted by molar-refractivity contribution is 0.0893. The van der Waals surface area contributed by atoms with E-state index in [1.165, 1.54) is 6.39 Å². The quantitative estimate of drug-likeness (QED) is 0.698. The molecule has 1 aromatic rings. The van der Waals surface area contributed by atoms with Crippen LogP contribution in [0.1, 0.15) is 23.2 Å². The molecular weight excluding hydrogens is 172 g/mol. The molecule has 2 N–H and O–H groups in total. The van der Waals surface area contributed by atoms with Crippen LogP contribution >= 0.6 is 0 Å². The molecule has 72 valence electrons. The minimum Gasteiger partial charge on any atom is -0.438 e. The summed E-state index contributed by atoms with van der Waals surface area (Å²) in [7, 11) is 0. The Balaban J connectivity index is 2.64. The first-order valence-electron chi connectivity index (χ1n) is 3.97. The predicted molar refractivity (Wildman–Crippen MR) is 45.3 cm³/mol. The van der Waals surface area contributed by atoms with Crippen molar-refractivity contribution in [2.24, 2.45) is 0 Å². The molecule has 0 fully saturated rings. The van der Waals surface area contributed by atoms with Gasteiger partial charge < -0.3 is 14.8 Å². The van der Waals surface area contributed by atoms with Gasteiger partial charge in [0.25, 0.3) is 5.91 Å². The number of hydrogen-bond donors (Lipinski definition) is 2. The van der Waals surface area contributed by atoms with Crippen LogP contribution in [0.15, 0.2) is 10.8 Å². The second kappa shape index (κ2) is 4.04. The predicted octanol–water partition coefficient (Wildman–Crippen LogP) is 0.0936. The summed E-state index contributed by atoms with van der Waals surface area (Å²) in [6.07, 6.45) is 1.22. The molecule has 5 heteroatoms. The number of carbonyl (C=O) groups is 1. The number of aryl methyl sites for hydroxylation is 1. The smallest absolute Gasteiger partial charge is 0.289 e. The first kappa shape index (κ1) is 9.73. The lowest BCUT2D eigenvalue weighted by atomic mass is 10.3. The third-order valence-electron chi connectivity index (χ3n) is 1.60. The maximum atomic E-state index is 11.3. The fourth-order valence-corrected chi connectivity index (χ4v) is 0.855. The molecule has 13 heavy (non-hydrogen) atoms. The van der Waals surface area contributed by atoms with Gasteiger partial charge in [-0.05, 0) is 13.8 Å². The first-order chi connectivity index (χ1) is 6.15. The van der Waals surface area contributed by atoms with Gasteiger partial charge in [0.2, 0.25) is 5.76 Å². The average Bonchev–Trinajstić information content (AvgIpc) is 2.51. The Morgan fingerprint density at radius 3 is 3.00 bits per heavy atom. The molecule has 0 aliphatic heterocycles. The number of nitrogens with one attached hydrogen (secondary N) is 1. The van der Waals surface area contributed by atoms with E-state index in [1.807, 2.05) is 0 Å². The Bertz CT molecular complexity index is 295. The van der Waals surface area contributed by atoms with Crippen LogP contribution in [0, 0.1) is 6.92 Å². The van der Waals surface area contributed by atoms with Crippen LogP contribution in [0.4, 0.5) is 0 Å². The van der Waals surface area contributed by atoms with Gasteiger partial charge in [-0.2, -0.15) is 0 Å². The van der Waals surface area contributed by atoms with E-state index in [9.17, 15) is 4.79 Å². The fraction of sp³-hybridized carbons (Fsp3) is 0.500. The minimum absolute atomic E-state index is 0.0983.